The van der Waals surface area contributed by atoms with E-state index >= 15 is 0 Å². The van der Waals surface area contributed by atoms with Crippen LogP contribution in [0.2, 0.25) is 0 Å². The second-order valence-corrected chi connectivity index (χ2v) is 11.5. The fourth-order valence-electron chi connectivity index (χ4n) is 5.86. The van der Waals surface area contributed by atoms with Gasteiger partial charge in [-0.15, -0.1) is 0 Å². The van der Waals surface area contributed by atoms with E-state index in [0.717, 1.165) is 0 Å². The molecule has 182 valence electrons. The van der Waals surface area contributed by atoms with Gasteiger partial charge in [0.1, 0.15) is 9.52 Å². The van der Waals surface area contributed by atoms with Crippen LogP contribution in [0.15, 0.2) is 133 Å². The van der Waals surface area contributed by atoms with Gasteiger partial charge in [-0.05, 0) is 23.3 Å². The van der Waals surface area contributed by atoms with Crippen molar-refractivity contribution in [3.63, 3.8) is 0 Å². The maximum Gasteiger partial charge on any atom is 0.121 e. The minimum atomic E-state index is 0.616. The Labute approximate surface area is 228 Å². The number of H-pyrrole nitrogens is 2. The Morgan fingerprint density at radius 1 is 0.359 bits per heavy atom. The van der Waals surface area contributed by atoms with Gasteiger partial charge in [-0.25, -0.2) is 0 Å². The summed E-state index contributed by atoms with van der Waals surface area (Å²) in [6.07, 6.45) is 0. The van der Waals surface area contributed by atoms with Gasteiger partial charge in [0.2, 0.25) is 0 Å². The lowest BCUT2D eigenvalue weighted by Gasteiger charge is -2.08. The summed E-state index contributed by atoms with van der Waals surface area (Å²) in [4.78, 5) is 7.27. The van der Waals surface area contributed by atoms with E-state index in [-0.39, 0.29) is 0 Å². The number of para-hydroxylation sites is 4. The van der Waals surface area contributed by atoms with Crippen molar-refractivity contribution in [3.05, 3.63) is 133 Å². The third kappa shape index (κ3) is 3.70. The van der Waals surface area contributed by atoms with Crippen molar-refractivity contribution in [2.75, 3.05) is 0 Å². The van der Waals surface area contributed by atoms with Crippen LogP contribution in [0.3, 0.4) is 0 Å². The Balaban J connectivity index is 1.07. The average molecular weight is 513 g/mol. The molecule has 0 unspecified atom stereocenters. The lowest BCUT2D eigenvalue weighted by Crippen LogP contribution is -2.26. The van der Waals surface area contributed by atoms with Gasteiger partial charge in [0, 0.05) is 43.7 Å². The molecule has 39 heavy (non-hydrogen) atoms. The topological polar surface area (TPSA) is 31.6 Å². The third-order valence-corrected chi connectivity index (χ3v) is 9.01. The monoisotopic (exact) mass is 512 g/mol. The molecule has 0 aliphatic heterocycles. The van der Waals surface area contributed by atoms with Crippen LogP contribution in [-0.2, 0) is 0 Å². The van der Waals surface area contributed by atoms with E-state index in [1.165, 1.54) is 76.2 Å². The summed E-state index contributed by atoms with van der Waals surface area (Å²) in [5, 5.41) is 7.78. The van der Waals surface area contributed by atoms with E-state index in [2.05, 4.69) is 143 Å². The maximum absolute atomic E-state index is 3.64. The van der Waals surface area contributed by atoms with E-state index in [9.17, 15) is 0 Å². The first-order chi connectivity index (χ1) is 19.3. The molecule has 8 rings (SSSR count). The summed E-state index contributed by atoms with van der Waals surface area (Å²) in [6.45, 7) is 0. The van der Waals surface area contributed by atoms with Crippen molar-refractivity contribution >= 4 is 63.5 Å². The summed E-state index contributed by atoms with van der Waals surface area (Å²) in [7, 11) is 0.616. The summed E-state index contributed by atoms with van der Waals surface area (Å²) in [6, 6.07) is 48.3. The number of rotatable bonds is 4. The van der Waals surface area contributed by atoms with Gasteiger partial charge < -0.3 is 9.97 Å². The highest BCUT2D eigenvalue weighted by Crippen LogP contribution is 2.34. The zero-order valence-corrected chi connectivity index (χ0v) is 22.2. The van der Waals surface area contributed by atoms with Crippen molar-refractivity contribution in [1.29, 1.82) is 0 Å². The van der Waals surface area contributed by atoms with E-state index in [1.807, 2.05) is 0 Å². The lowest BCUT2D eigenvalue weighted by atomic mass is 10.0. The van der Waals surface area contributed by atoms with Crippen molar-refractivity contribution in [3.8, 4) is 22.3 Å². The van der Waals surface area contributed by atoms with Gasteiger partial charge in [0.15, 0.2) is 0 Å². The molecule has 0 saturated carbocycles. The fourth-order valence-corrected chi connectivity index (χ4v) is 6.86. The zero-order chi connectivity index (χ0) is 25.8. The van der Waals surface area contributed by atoms with Crippen LogP contribution in [0.5, 0.6) is 0 Å². The molecule has 2 N–H and O–H groups in total. The predicted octanol–water partition coefficient (Wildman–Crippen LogP) is 7.94. The van der Waals surface area contributed by atoms with Crippen LogP contribution in [0.25, 0.3) is 65.9 Å². The van der Waals surface area contributed by atoms with Crippen LogP contribution in [0.1, 0.15) is 0 Å². The molecule has 0 bridgehead atoms. The Hall–Kier alpha value is -4.86. The molecule has 0 saturated heterocycles. The third-order valence-electron chi connectivity index (χ3n) is 7.76. The van der Waals surface area contributed by atoms with Gasteiger partial charge in [-0.2, -0.15) is 0 Å². The van der Waals surface area contributed by atoms with E-state index in [1.54, 1.807) is 0 Å². The SMILES string of the molecule is c1ccc2c(c1)[nH]c1c(-c3ccc([Si]c4ccc(-c5cccc6c5[nH]c5ccccc56)cc4)cc3)cccc12. The van der Waals surface area contributed by atoms with Crippen LogP contribution in [0.4, 0.5) is 0 Å². The Kier molecular flexibility index (Phi) is 5.03. The minimum Gasteiger partial charge on any atom is -0.354 e. The van der Waals surface area contributed by atoms with Crippen molar-refractivity contribution in [2.24, 2.45) is 0 Å². The Bertz CT molecular complexity index is 1980. The molecular formula is C36H24N2Si. The molecule has 0 aliphatic carbocycles. The van der Waals surface area contributed by atoms with Crippen LogP contribution >= 0.6 is 0 Å². The number of aromatic amines is 2. The predicted molar refractivity (Wildman–Crippen MR) is 168 cm³/mol. The van der Waals surface area contributed by atoms with Crippen molar-refractivity contribution in [2.45, 2.75) is 0 Å². The molecule has 0 amide bonds. The molecule has 0 spiro atoms. The Morgan fingerprint density at radius 3 is 1.23 bits per heavy atom. The number of hydrogen-bond donors (Lipinski definition) is 2. The van der Waals surface area contributed by atoms with Gasteiger partial charge in [-0.3, -0.25) is 0 Å². The van der Waals surface area contributed by atoms with Crippen LogP contribution in [0, 0.1) is 0 Å². The standard InChI is InChI=1S/C36H24N2Si/c1-3-13-33-29(7-1)31-11-5-9-27(35(31)37-33)23-15-19-25(20-16-23)39-26-21-17-24(18-22-26)28-10-6-12-32-30-8-2-4-14-34(30)38-36(28)32/h1-22,37-38H. The van der Waals surface area contributed by atoms with Crippen LogP contribution in [-0.4, -0.2) is 19.5 Å². The smallest absolute Gasteiger partial charge is 0.121 e. The second-order valence-electron chi connectivity index (χ2n) is 10.1. The van der Waals surface area contributed by atoms with E-state index in [4.69, 9.17) is 0 Å². The normalized spacial score (nSPS) is 11.7. The Morgan fingerprint density at radius 2 is 0.769 bits per heavy atom. The second kappa shape index (κ2) is 8.86. The summed E-state index contributed by atoms with van der Waals surface area (Å²) < 4.78 is 0. The highest BCUT2D eigenvalue weighted by Gasteiger charge is 2.11. The molecular weight excluding hydrogens is 488 g/mol. The van der Waals surface area contributed by atoms with Gasteiger partial charge >= 0.3 is 0 Å². The first-order valence-electron chi connectivity index (χ1n) is 13.3. The molecule has 2 heterocycles. The summed E-state index contributed by atoms with van der Waals surface area (Å²) in [5.41, 5.74) is 9.74. The molecule has 2 aromatic heterocycles. The molecule has 0 fully saturated rings. The van der Waals surface area contributed by atoms with Crippen molar-refractivity contribution in [1.82, 2.24) is 9.97 Å². The van der Waals surface area contributed by atoms with E-state index in [0.29, 0.717) is 9.52 Å². The molecule has 6 aromatic carbocycles. The van der Waals surface area contributed by atoms with E-state index < -0.39 is 0 Å². The first kappa shape index (κ1) is 22.2. The number of fused-ring (bicyclic) bond motifs is 6. The summed E-state index contributed by atoms with van der Waals surface area (Å²) in [5.74, 6) is 0. The maximum atomic E-state index is 3.64. The number of nitrogens with one attached hydrogen (secondary N) is 2. The quantitative estimate of drug-likeness (QED) is 0.224. The zero-order valence-electron chi connectivity index (χ0n) is 21.2. The molecule has 3 heteroatoms. The largest absolute Gasteiger partial charge is 0.354 e. The number of benzene rings is 6. The highest BCUT2D eigenvalue weighted by atomic mass is 28.2. The van der Waals surface area contributed by atoms with Gasteiger partial charge in [0.25, 0.3) is 0 Å². The average Bonchev–Trinajstić information content (AvgIpc) is 3.57. The number of hydrogen-bond acceptors (Lipinski definition) is 0. The molecule has 8 aromatic rings. The molecule has 0 aliphatic rings. The molecule has 2 radical (unpaired) electrons. The minimum absolute atomic E-state index is 0.616. The van der Waals surface area contributed by atoms with Crippen LogP contribution < -0.4 is 10.4 Å². The molecule has 0 atom stereocenters. The first-order valence-corrected chi connectivity index (χ1v) is 14.3. The highest BCUT2D eigenvalue weighted by molar-refractivity contribution is 6.67. The summed E-state index contributed by atoms with van der Waals surface area (Å²) >= 11 is 0. The fraction of sp³-hybridized carbons (Fsp3) is 0. The van der Waals surface area contributed by atoms with Crippen molar-refractivity contribution < 1.29 is 0 Å². The number of aromatic nitrogens is 2. The van der Waals surface area contributed by atoms with Gasteiger partial charge in [0.05, 0.1) is 11.0 Å². The molecule has 2 nitrogen and oxygen atoms in total. The van der Waals surface area contributed by atoms with Gasteiger partial charge in [-0.1, -0.05) is 132 Å². The lowest BCUT2D eigenvalue weighted by molar-refractivity contribution is 1.54.